The van der Waals surface area contributed by atoms with Crippen LogP contribution in [-0.4, -0.2) is 35.0 Å². The van der Waals surface area contributed by atoms with Crippen molar-refractivity contribution in [1.29, 1.82) is 0 Å². The minimum absolute atomic E-state index is 0.163. The van der Waals surface area contributed by atoms with Gasteiger partial charge in [0.15, 0.2) is 0 Å². The number of aromatic nitrogens is 1. The van der Waals surface area contributed by atoms with Gasteiger partial charge >= 0.3 is 5.97 Å². The first-order valence-corrected chi connectivity index (χ1v) is 12.6. The second kappa shape index (κ2) is 9.27. The average Bonchev–Trinajstić information content (AvgIpc) is 2.91. The molecule has 4 nitrogen and oxygen atoms in total. The van der Waals surface area contributed by atoms with E-state index in [9.17, 15) is 4.79 Å². The second-order valence-electron chi connectivity index (χ2n) is 9.93. The molecule has 4 aromatic rings. The number of hydrogen-bond acceptors (Lipinski definition) is 4. The number of esters is 1. The monoisotopic (exact) mass is 462 g/mol. The van der Waals surface area contributed by atoms with Crippen molar-refractivity contribution in [2.24, 2.45) is 11.8 Å². The fourth-order valence-electron chi connectivity index (χ4n) is 6.11. The first-order chi connectivity index (χ1) is 17.2. The van der Waals surface area contributed by atoms with Gasteiger partial charge in [-0.1, -0.05) is 66.7 Å². The van der Waals surface area contributed by atoms with Crippen LogP contribution in [0, 0.1) is 11.8 Å². The number of pyridine rings is 1. The molecule has 2 bridgehead atoms. The van der Waals surface area contributed by atoms with Crippen LogP contribution >= 0.6 is 0 Å². The molecule has 4 heteroatoms. The standard InChI is InChI=1S/C31H30N2O2/c1-2-22-20-33-16-14-25(22)19-29(33)31(27-13-15-32-28-10-6-5-9-26(27)28)35-30(34)18-21-11-12-23-7-3-4-8-24(23)17-21/h2-13,15,17,22,25,29,31H,1,14,16,18-20H2/t22-,25-,29+,31-/m0/s1. The third-order valence-electron chi connectivity index (χ3n) is 7.91. The van der Waals surface area contributed by atoms with Crippen molar-refractivity contribution < 1.29 is 9.53 Å². The molecule has 0 spiro atoms. The summed E-state index contributed by atoms with van der Waals surface area (Å²) in [5.74, 6) is 0.925. The lowest BCUT2D eigenvalue weighted by molar-refractivity contribution is -0.156. The number of carbonyl (C=O) groups is 1. The largest absolute Gasteiger partial charge is 0.456 e. The number of carbonyl (C=O) groups excluding carboxylic acids is 1. The number of benzene rings is 3. The van der Waals surface area contributed by atoms with Crippen LogP contribution in [0.5, 0.6) is 0 Å². The Kier molecular flexibility index (Phi) is 5.83. The predicted octanol–water partition coefficient (Wildman–Crippen LogP) is 6.11. The Hall–Kier alpha value is -3.50. The van der Waals surface area contributed by atoms with E-state index in [1.165, 1.54) is 11.8 Å². The lowest BCUT2D eigenvalue weighted by Crippen LogP contribution is -2.55. The molecule has 35 heavy (non-hydrogen) atoms. The molecular weight excluding hydrogens is 432 g/mol. The molecule has 3 saturated heterocycles. The van der Waals surface area contributed by atoms with Crippen molar-refractivity contribution in [3.05, 3.63) is 103 Å². The van der Waals surface area contributed by atoms with Gasteiger partial charge in [-0.3, -0.25) is 14.7 Å². The molecule has 7 rings (SSSR count). The highest BCUT2D eigenvalue weighted by molar-refractivity contribution is 5.85. The molecule has 0 N–H and O–H groups in total. The van der Waals surface area contributed by atoms with Gasteiger partial charge in [-0.2, -0.15) is 0 Å². The summed E-state index contributed by atoms with van der Waals surface area (Å²) in [7, 11) is 0. The summed E-state index contributed by atoms with van der Waals surface area (Å²) in [6, 6.07) is 24.8. The van der Waals surface area contributed by atoms with Crippen molar-refractivity contribution in [2.75, 3.05) is 13.1 Å². The van der Waals surface area contributed by atoms with E-state index in [4.69, 9.17) is 4.74 Å². The van der Waals surface area contributed by atoms with Crippen molar-refractivity contribution in [1.82, 2.24) is 9.88 Å². The Morgan fingerprint density at radius 1 is 1.09 bits per heavy atom. The van der Waals surface area contributed by atoms with Gasteiger partial charge in [0.05, 0.1) is 18.0 Å². The van der Waals surface area contributed by atoms with Gasteiger partial charge in [-0.25, -0.2) is 0 Å². The van der Waals surface area contributed by atoms with Gasteiger partial charge < -0.3 is 4.74 Å². The summed E-state index contributed by atoms with van der Waals surface area (Å²) in [5, 5.41) is 3.37. The minimum atomic E-state index is -0.329. The summed E-state index contributed by atoms with van der Waals surface area (Å²) in [4.78, 5) is 20.4. The van der Waals surface area contributed by atoms with E-state index in [1.807, 2.05) is 48.7 Å². The summed E-state index contributed by atoms with van der Waals surface area (Å²) < 4.78 is 6.39. The molecule has 1 aromatic heterocycles. The van der Waals surface area contributed by atoms with Crippen LogP contribution in [0.3, 0.4) is 0 Å². The third kappa shape index (κ3) is 4.23. The summed E-state index contributed by atoms with van der Waals surface area (Å²) in [6.45, 7) is 6.10. The van der Waals surface area contributed by atoms with E-state index in [1.54, 1.807) is 0 Å². The van der Waals surface area contributed by atoms with Crippen LogP contribution < -0.4 is 0 Å². The van der Waals surface area contributed by atoms with Gasteiger partial charge in [0, 0.05) is 23.7 Å². The van der Waals surface area contributed by atoms with Gasteiger partial charge in [0.2, 0.25) is 0 Å². The highest BCUT2D eigenvalue weighted by Crippen LogP contribution is 2.43. The van der Waals surface area contributed by atoms with Crippen LogP contribution in [-0.2, 0) is 16.0 Å². The van der Waals surface area contributed by atoms with E-state index in [0.29, 0.717) is 11.8 Å². The molecule has 1 unspecified atom stereocenters. The Bertz CT molecular complexity index is 1390. The number of para-hydroxylation sites is 1. The van der Waals surface area contributed by atoms with E-state index in [2.05, 4.69) is 52.9 Å². The molecule has 3 fully saturated rings. The van der Waals surface area contributed by atoms with E-state index in [0.717, 1.165) is 46.9 Å². The average molecular weight is 463 g/mol. The van der Waals surface area contributed by atoms with Gasteiger partial charge in [-0.05, 0) is 59.7 Å². The fourth-order valence-corrected chi connectivity index (χ4v) is 6.11. The number of nitrogens with zero attached hydrogens (tertiary/aromatic N) is 2. The summed E-state index contributed by atoms with van der Waals surface area (Å²) in [6.07, 6.45) is 6.07. The summed E-state index contributed by atoms with van der Waals surface area (Å²) >= 11 is 0. The molecule has 3 aromatic carbocycles. The molecular formula is C31H30N2O2. The zero-order chi connectivity index (χ0) is 23.8. The highest BCUT2D eigenvalue weighted by Gasteiger charge is 2.44. The maximum atomic E-state index is 13.4. The van der Waals surface area contributed by atoms with Crippen molar-refractivity contribution >= 4 is 27.6 Å². The number of hydrogen-bond donors (Lipinski definition) is 0. The predicted molar refractivity (Wildman–Crippen MR) is 140 cm³/mol. The Labute approximate surface area is 206 Å². The number of ether oxygens (including phenoxy) is 1. The van der Waals surface area contributed by atoms with Crippen LogP contribution in [0.25, 0.3) is 21.7 Å². The smallest absolute Gasteiger partial charge is 0.310 e. The molecule has 0 saturated carbocycles. The lowest BCUT2D eigenvalue weighted by Gasteiger charge is -2.51. The Morgan fingerprint density at radius 3 is 2.74 bits per heavy atom. The van der Waals surface area contributed by atoms with E-state index < -0.39 is 0 Å². The van der Waals surface area contributed by atoms with Crippen LogP contribution in [0.1, 0.15) is 30.1 Å². The molecule has 0 aliphatic carbocycles. The molecule has 0 amide bonds. The second-order valence-corrected chi connectivity index (χ2v) is 9.93. The zero-order valence-electron chi connectivity index (χ0n) is 19.8. The van der Waals surface area contributed by atoms with E-state index >= 15 is 0 Å². The molecule has 5 atom stereocenters. The quantitative estimate of drug-likeness (QED) is 0.256. The summed E-state index contributed by atoms with van der Waals surface area (Å²) in [5.41, 5.74) is 2.96. The lowest BCUT2D eigenvalue weighted by atomic mass is 9.73. The van der Waals surface area contributed by atoms with Gasteiger partial charge in [-0.15, -0.1) is 6.58 Å². The minimum Gasteiger partial charge on any atom is -0.456 e. The van der Waals surface area contributed by atoms with Crippen molar-refractivity contribution in [3.63, 3.8) is 0 Å². The molecule has 176 valence electrons. The van der Waals surface area contributed by atoms with Crippen LogP contribution in [0.2, 0.25) is 0 Å². The topological polar surface area (TPSA) is 42.4 Å². The number of rotatable bonds is 6. The van der Waals surface area contributed by atoms with Crippen LogP contribution in [0.15, 0.2) is 91.6 Å². The SMILES string of the molecule is C=C[C@H]1CN2CC[C@H]1C[C@@H]2[C@@H](OC(=O)Cc1ccc2ccccc2c1)c1ccnc2ccccc12. The molecule has 4 heterocycles. The van der Waals surface area contributed by atoms with Crippen molar-refractivity contribution in [3.8, 4) is 0 Å². The maximum Gasteiger partial charge on any atom is 0.310 e. The fraction of sp³-hybridized carbons (Fsp3) is 0.290. The molecule has 3 aliphatic rings. The maximum absolute atomic E-state index is 13.4. The number of fused-ring (bicyclic) bond motifs is 5. The van der Waals surface area contributed by atoms with E-state index in [-0.39, 0.29) is 24.5 Å². The Morgan fingerprint density at radius 2 is 1.91 bits per heavy atom. The van der Waals surface area contributed by atoms with Crippen LogP contribution in [0.4, 0.5) is 0 Å². The van der Waals surface area contributed by atoms with Gasteiger partial charge in [0.1, 0.15) is 6.10 Å². The highest BCUT2D eigenvalue weighted by atomic mass is 16.5. The first kappa shape index (κ1) is 22.0. The van der Waals surface area contributed by atoms with Gasteiger partial charge in [0.25, 0.3) is 0 Å². The number of piperidine rings is 3. The molecule has 3 aliphatic heterocycles. The normalized spacial score (nSPS) is 24.3. The first-order valence-electron chi connectivity index (χ1n) is 12.6. The third-order valence-corrected chi connectivity index (χ3v) is 7.91. The molecule has 0 radical (unpaired) electrons. The van der Waals surface area contributed by atoms with Crippen molar-refractivity contribution in [2.45, 2.75) is 31.4 Å². The Balaban J connectivity index is 1.32. The zero-order valence-corrected chi connectivity index (χ0v) is 19.8.